The zero-order valence-electron chi connectivity index (χ0n) is 17.0. The Bertz CT molecular complexity index is 854. The summed E-state index contributed by atoms with van der Waals surface area (Å²) < 4.78 is 1.85. The highest BCUT2D eigenvalue weighted by atomic mass is 16.2. The summed E-state index contributed by atoms with van der Waals surface area (Å²) in [6, 6.07) is 9.88. The molecule has 1 N–H and O–H groups in total. The molecule has 154 valence electrons. The maximum Gasteiger partial charge on any atom is 0.251 e. The van der Waals surface area contributed by atoms with Crippen molar-refractivity contribution in [3.8, 4) is 0 Å². The van der Waals surface area contributed by atoms with Crippen LogP contribution in [0.25, 0.3) is 0 Å². The molecule has 2 aliphatic heterocycles. The smallest absolute Gasteiger partial charge is 0.251 e. The van der Waals surface area contributed by atoms with Crippen molar-refractivity contribution >= 4 is 17.6 Å². The van der Waals surface area contributed by atoms with Crippen molar-refractivity contribution in [1.29, 1.82) is 0 Å². The van der Waals surface area contributed by atoms with Crippen molar-refractivity contribution in [2.75, 3.05) is 24.5 Å². The molecule has 1 aromatic carbocycles. The van der Waals surface area contributed by atoms with Gasteiger partial charge in [0.25, 0.3) is 5.91 Å². The number of carbonyl (C=O) groups is 2. The van der Waals surface area contributed by atoms with Crippen LogP contribution in [0, 0.1) is 0 Å². The van der Waals surface area contributed by atoms with Crippen LogP contribution in [0.2, 0.25) is 0 Å². The maximum absolute atomic E-state index is 12.4. The lowest BCUT2D eigenvalue weighted by Crippen LogP contribution is -2.37. The van der Waals surface area contributed by atoms with Gasteiger partial charge in [-0.05, 0) is 57.0 Å². The van der Waals surface area contributed by atoms with Gasteiger partial charge in [0.2, 0.25) is 5.91 Å². The summed E-state index contributed by atoms with van der Waals surface area (Å²) in [6.45, 7) is 6.39. The van der Waals surface area contributed by atoms with Crippen LogP contribution in [0.4, 0.5) is 5.82 Å². The van der Waals surface area contributed by atoms with E-state index in [0.717, 1.165) is 17.8 Å². The zero-order chi connectivity index (χ0) is 20.2. The van der Waals surface area contributed by atoms with E-state index in [9.17, 15) is 9.59 Å². The summed E-state index contributed by atoms with van der Waals surface area (Å²) in [5, 5.41) is 7.28. The van der Waals surface area contributed by atoms with E-state index in [1.807, 2.05) is 35.0 Å². The Morgan fingerprint density at radius 3 is 2.66 bits per heavy atom. The number of carbonyl (C=O) groups excluding carboxylic acids is 2. The number of aromatic nitrogens is 2. The van der Waals surface area contributed by atoms with Gasteiger partial charge in [-0.25, -0.2) is 4.68 Å². The molecule has 1 saturated heterocycles. The van der Waals surface area contributed by atoms with Crippen molar-refractivity contribution in [2.45, 2.75) is 51.7 Å². The van der Waals surface area contributed by atoms with Gasteiger partial charge < -0.3 is 10.2 Å². The molecule has 2 amide bonds. The van der Waals surface area contributed by atoms with Crippen LogP contribution in [0.3, 0.4) is 0 Å². The van der Waals surface area contributed by atoms with Gasteiger partial charge in [0.15, 0.2) is 0 Å². The molecule has 7 nitrogen and oxygen atoms in total. The molecule has 3 heterocycles. The van der Waals surface area contributed by atoms with E-state index in [1.165, 1.54) is 25.9 Å². The number of anilines is 1. The minimum absolute atomic E-state index is 0.0442. The van der Waals surface area contributed by atoms with Crippen LogP contribution < -0.4 is 10.2 Å². The summed E-state index contributed by atoms with van der Waals surface area (Å²) in [6.07, 6.45) is 5.72. The fourth-order valence-corrected chi connectivity index (χ4v) is 4.17. The second-order valence-corrected chi connectivity index (χ2v) is 7.98. The number of amides is 2. The second-order valence-electron chi connectivity index (χ2n) is 7.98. The van der Waals surface area contributed by atoms with Crippen LogP contribution in [0.15, 0.2) is 36.5 Å². The van der Waals surface area contributed by atoms with Crippen LogP contribution in [-0.4, -0.2) is 52.2 Å². The number of rotatable bonds is 7. The van der Waals surface area contributed by atoms with E-state index in [4.69, 9.17) is 0 Å². The molecule has 0 spiro atoms. The molecule has 7 heteroatoms. The lowest BCUT2D eigenvalue weighted by Gasteiger charge is -2.27. The number of aryl methyl sites for hydroxylation is 1. The van der Waals surface area contributed by atoms with Crippen LogP contribution in [0.5, 0.6) is 0 Å². The third-order valence-electron chi connectivity index (χ3n) is 5.98. The molecule has 29 heavy (non-hydrogen) atoms. The normalized spacial score (nSPS) is 18.0. The molecule has 1 atom stereocenters. The number of nitrogens with zero attached hydrogens (tertiary/aromatic N) is 4. The molecule has 0 saturated carbocycles. The molecule has 2 aromatic rings. The zero-order valence-corrected chi connectivity index (χ0v) is 17.0. The Kier molecular flexibility index (Phi) is 5.94. The molecule has 4 rings (SSSR count). The average Bonchev–Trinajstić information content (AvgIpc) is 3.42. The number of fused-ring (bicyclic) bond motifs is 1. The standard InChI is InChI=1S/C22H29N5O2/c1-17(25-13-2-3-14-25)8-11-23-22(29)19-6-4-18(5-7-19)16-26-20-9-12-24-27(20)15-10-21(26)28/h4-7,9,12,17H,2-3,8,10-11,13-16H2,1H3,(H,23,29)/t17-/m1/s1. The van der Waals surface area contributed by atoms with Crippen molar-refractivity contribution in [1.82, 2.24) is 20.0 Å². The van der Waals surface area contributed by atoms with Crippen molar-refractivity contribution in [3.05, 3.63) is 47.7 Å². The lowest BCUT2D eigenvalue weighted by atomic mass is 10.1. The SMILES string of the molecule is C[C@H](CCNC(=O)c1ccc(CN2C(=O)CCn3nccc32)cc1)N1CCCC1. The highest BCUT2D eigenvalue weighted by molar-refractivity contribution is 5.95. The summed E-state index contributed by atoms with van der Waals surface area (Å²) in [5.74, 6) is 0.888. The van der Waals surface area contributed by atoms with Crippen molar-refractivity contribution < 1.29 is 9.59 Å². The van der Waals surface area contributed by atoms with Gasteiger partial charge in [0.05, 0.1) is 19.3 Å². The number of hydrogen-bond acceptors (Lipinski definition) is 4. The van der Waals surface area contributed by atoms with E-state index >= 15 is 0 Å². The quantitative estimate of drug-likeness (QED) is 0.782. The fraction of sp³-hybridized carbons (Fsp3) is 0.500. The third-order valence-corrected chi connectivity index (χ3v) is 5.98. The molecule has 0 unspecified atom stereocenters. The Morgan fingerprint density at radius 1 is 1.14 bits per heavy atom. The van der Waals surface area contributed by atoms with E-state index < -0.39 is 0 Å². The second kappa shape index (κ2) is 8.78. The Labute approximate surface area is 171 Å². The summed E-state index contributed by atoms with van der Waals surface area (Å²) in [4.78, 5) is 29.0. The largest absolute Gasteiger partial charge is 0.352 e. The molecule has 0 bridgehead atoms. The molecule has 1 aromatic heterocycles. The topological polar surface area (TPSA) is 70.5 Å². The molecular weight excluding hydrogens is 366 g/mol. The number of likely N-dealkylation sites (tertiary alicyclic amines) is 1. The summed E-state index contributed by atoms with van der Waals surface area (Å²) in [5.41, 5.74) is 1.64. The Hall–Kier alpha value is -2.67. The molecule has 0 aliphatic carbocycles. The molecular formula is C22H29N5O2. The Morgan fingerprint density at radius 2 is 1.90 bits per heavy atom. The molecule has 2 aliphatic rings. The third kappa shape index (κ3) is 4.50. The molecule has 0 radical (unpaired) electrons. The van der Waals surface area contributed by atoms with Crippen LogP contribution in [0.1, 0.15) is 48.5 Å². The minimum atomic E-state index is -0.0442. The van der Waals surface area contributed by atoms with Gasteiger partial charge in [-0.15, -0.1) is 0 Å². The highest BCUT2D eigenvalue weighted by Gasteiger charge is 2.24. The number of benzene rings is 1. The predicted octanol–water partition coefficient (Wildman–Crippen LogP) is 2.42. The molecule has 1 fully saturated rings. The van der Waals surface area contributed by atoms with E-state index in [2.05, 4.69) is 22.2 Å². The van der Waals surface area contributed by atoms with Crippen molar-refractivity contribution in [3.63, 3.8) is 0 Å². The first kappa shape index (κ1) is 19.6. The van der Waals surface area contributed by atoms with Crippen LogP contribution in [-0.2, 0) is 17.9 Å². The van der Waals surface area contributed by atoms with Gasteiger partial charge >= 0.3 is 0 Å². The van der Waals surface area contributed by atoms with Crippen molar-refractivity contribution in [2.24, 2.45) is 0 Å². The maximum atomic E-state index is 12.4. The van der Waals surface area contributed by atoms with Crippen LogP contribution >= 0.6 is 0 Å². The van der Waals surface area contributed by atoms with Gasteiger partial charge in [0, 0.05) is 30.6 Å². The van der Waals surface area contributed by atoms with Gasteiger partial charge in [-0.2, -0.15) is 5.10 Å². The highest BCUT2D eigenvalue weighted by Crippen LogP contribution is 2.23. The predicted molar refractivity (Wildman–Crippen MR) is 112 cm³/mol. The first-order chi connectivity index (χ1) is 14.1. The monoisotopic (exact) mass is 395 g/mol. The number of nitrogens with one attached hydrogen (secondary N) is 1. The van der Waals surface area contributed by atoms with E-state index in [1.54, 1.807) is 11.1 Å². The Balaban J connectivity index is 1.30. The summed E-state index contributed by atoms with van der Waals surface area (Å²) >= 11 is 0. The van der Waals surface area contributed by atoms with Gasteiger partial charge in [-0.3, -0.25) is 14.5 Å². The minimum Gasteiger partial charge on any atom is -0.352 e. The lowest BCUT2D eigenvalue weighted by molar-refractivity contribution is -0.119. The first-order valence-corrected chi connectivity index (χ1v) is 10.6. The van der Waals surface area contributed by atoms with Gasteiger partial charge in [-0.1, -0.05) is 12.1 Å². The first-order valence-electron chi connectivity index (χ1n) is 10.6. The number of hydrogen-bond donors (Lipinski definition) is 1. The fourth-order valence-electron chi connectivity index (χ4n) is 4.17. The average molecular weight is 396 g/mol. The summed E-state index contributed by atoms with van der Waals surface area (Å²) in [7, 11) is 0. The van der Waals surface area contributed by atoms with E-state index in [0.29, 0.717) is 37.7 Å². The van der Waals surface area contributed by atoms with Gasteiger partial charge in [0.1, 0.15) is 5.82 Å². The van der Waals surface area contributed by atoms with E-state index in [-0.39, 0.29) is 11.8 Å².